The largest absolute Gasteiger partial charge is 0.446 e. The number of aromatic nitrogens is 1. The Balaban J connectivity index is 1.21. The summed E-state index contributed by atoms with van der Waals surface area (Å²) in [6.45, 7) is 3.47. The van der Waals surface area contributed by atoms with E-state index in [1.165, 1.54) is 5.56 Å². The van der Waals surface area contributed by atoms with Gasteiger partial charge in [-0.1, -0.05) is 48.0 Å². The lowest BCUT2D eigenvalue weighted by Gasteiger charge is -2.46. The van der Waals surface area contributed by atoms with E-state index >= 15 is 0 Å². The maximum absolute atomic E-state index is 12.3. The van der Waals surface area contributed by atoms with Gasteiger partial charge >= 0.3 is 6.09 Å². The maximum Gasteiger partial charge on any atom is 0.411 e. The van der Waals surface area contributed by atoms with E-state index in [1.54, 1.807) is 0 Å². The van der Waals surface area contributed by atoms with Crippen molar-refractivity contribution in [2.75, 3.05) is 43.1 Å². The summed E-state index contributed by atoms with van der Waals surface area (Å²) < 4.78 is 11.7. The summed E-state index contributed by atoms with van der Waals surface area (Å²) >= 11 is 6.11. The van der Waals surface area contributed by atoms with Crippen molar-refractivity contribution in [1.82, 2.24) is 9.88 Å². The molecule has 2 atom stereocenters. The Morgan fingerprint density at radius 1 is 1.03 bits per heavy atom. The summed E-state index contributed by atoms with van der Waals surface area (Å²) in [6.07, 6.45) is 4.21. The van der Waals surface area contributed by atoms with E-state index in [0.717, 1.165) is 49.7 Å². The van der Waals surface area contributed by atoms with Crippen LogP contribution in [-0.2, 0) is 15.9 Å². The third kappa shape index (κ3) is 7.01. The molecule has 194 valence electrons. The second-order valence-corrected chi connectivity index (χ2v) is 10.1. The maximum atomic E-state index is 12.3. The zero-order valence-corrected chi connectivity index (χ0v) is 21.6. The Kier molecular flexibility index (Phi) is 8.56. The highest BCUT2D eigenvalue weighted by Gasteiger charge is 2.36. The Labute approximate surface area is 223 Å². The predicted molar refractivity (Wildman–Crippen MR) is 146 cm³/mol. The number of rotatable bonds is 7. The summed E-state index contributed by atoms with van der Waals surface area (Å²) in [5, 5.41) is 3.51. The van der Waals surface area contributed by atoms with Gasteiger partial charge in [0.2, 0.25) is 0 Å². The number of amides is 1. The summed E-state index contributed by atoms with van der Waals surface area (Å²) in [5.41, 5.74) is 1.95. The molecule has 1 aromatic heterocycles. The SMILES string of the molecule is O=C(Nc1ccccc1)OCC1CN(C2CCN(c3ccccn3)CC2)C(Cc2ccc(Cl)cc2)CO1. The summed E-state index contributed by atoms with van der Waals surface area (Å²) in [7, 11) is 0. The Bertz CT molecular complexity index is 1120. The van der Waals surface area contributed by atoms with Gasteiger partial charge in [0.1, 0.15) is 18.5 Å². The second-order valence-electron chi connectivity index (χ2n) is 9.63. The highest BCUT2D eigenvalue weighted by atomic mass is 35.5. The molecule has 0 aliphatic carbocycles. The van der Waals surface area contributed by atoms with Crippen LogP contribution < -0.4 is 10.2 Å². The fourth-order valence-corrected chi connectivity index (χ4v) is 5.33. The predicted octanol–water partition coefficient (Wildman–Crippen LogP) is 5.26. The van der Waals surface area contributed by atoms with Gasteiger partial charge < -0.3 is 14.4 Å². The van der Waals surface area contributed by atoms with Crippen molar-refractivity contribution in [2.24, 2.45) is 0 Å². The van der Waals surface area contributed by atoms with E-state index in [1.807, 2.05) is 60.8 Å². The number of nitrogens with one attached hydrogen (secondary N) is 1. The van der Waals surface area contributed by atoms with Crippen LogP contribution >= 0.6 is 11.6 Å². The van der Waals surface area contributed by atoms with Crippen molar-refractivity contribution in [3.8, 4) is 0 Å². The molecule has 0 radical (unpaired) electrons. The fourth-order valence-electron chi connectivity index (χ4n) is 5.21. The molecule has 1 amide bonds. The molecule has 0 spiro atoms. The van der Waals surface area contributed by atoms with E-state index in [2.05, 4.69) is 38.3 Å². The van der Waals surface area contributed by atoms with Gasteiger partial charge in [0.25, 0.3) is 0 Å². The van der Waals surface area contributed by atoms with Crippen LogP contribution in [-0.4, -0.2) is 67.0 Å². The Hall–Kier alpha value is -3.13. The van der Waals surface area contributed by atoms with Gasteiger partial charge in [-0.25, -0.2) is 9.78 Å². The van der Waals surface area contributed by atoms with Crippen LogP contribution in [0.25, 0.3) is 0 Å². The smallest absolute Gasteiger partial charge is 0.411 e. The molecule has 0 bridgehead atoms. The van der Waals surface area contributed by atoms with Crippen molar-refractivity contribution in [1.29, 1.82) is 0 Å². The molecule has 37 heavy (non-hydrogen) atoms. The Morgan fingerprint density at radius 2 is 1.78 bits per heavy atom. The van der Waals surface area contributed by atoms with Crippen molar-refractivity contribution in [3.05, 3.63) is 89.6 Å². The third-order valence-corrected chi connectivity index (χ3v) is 7.37. The molecule has 5 rings (SSSR count). The number of carbonyl (C=O) groups excluding carboxylic acids is 1. The highest BCUT2D eigenvalue weighted by Crippen LogP contribution is 2.27. The standard InChI is InChI=1S/C29H33ClN4O3/c30-23-11-9-22(10-12-23)18-26-20-36-27(21-37-29(35)32-24-6-2-1-3-7-24)19-34(26)25-13-16-33(17-14-25)28-8-4-5-15-31-28/h1-12,15,25-27H,13-14,16-21H2,(H,32,35). The number of hydrogen-bond acceptors (Lipinski definition) is 6. The van der Waals surface area contributed by atoms with E-state index in [4.69, 9.17) is 21.1 Å². The Morgan fingerprint density at radius 3 is 2.51 bits per heavy atom. The van der Waals surface area contributed by atoms with Gasteiger partial charge in [0.15, 0.2) is 0 Å². The molecular weight excluding hydrogens is 488 g/mol. The number of piperidine rings is 1. The van der Waals surface area contributed by atoms with E-state index in [9.17, 15) is 4.79 Å². The van der Waals surface area contributed by atoms with Gasteiger partial charge in [-0.05, 0) is 61.2 Å². The number of nitrogens with zero attached hydrogens (tertiary/aromatic N) is 3. The van der Waals surface area contributed by atoms with Crippen molar-refractivity contribution < 1.29 is 14.3 Å². The third-order valence-electron chi connectivity index (χ3n) is 7.12. The first-order valence-electron chi connectivity index (χ1n) is 12.9. The number of benzene rings is 2. The molecule has 2 fully saturated rings. The lowest BCUT2D eigenvalue weighted by molar-refractivity contribution is -0.0982. The number of anilines is 2. The molecule has 3 aromatic rings. The quantitative estimate of drug-likeness (QED) is 0.458. The molecule has 2 saturated heterocycles. The zero-order chi connectivity index (χ0) is 25.5. The summed E-state index contributed by atoms with van der Waals surface area (Å²) in [4.78, 5) is 21.8. The first-order valence-corrected chi connectivity index (χ1v) is 13.3. The van der Waals surface area contributed by atoms with Crippen molar-refractivity contribution in [2.45, 2.75) is 37.5 Å². The number of halogens is 1. The van der Waals surface area contributed by atoms with Gasteiger partial charge in [-0.2, -0.15) is 0 Å². The minimum Gasteiger partial charge on any atom is -0.446 e. The molecule has 2 aliphatic heterocycles. The molecule has 7 nitrogen and oxygen atoms in total. The number of morpholine rings is 1. The summed E-state index contributed by atoms with van der Waals surface area (Å²) in [6, 6.07) is 24.1. The van der Waals surface area contributed by atoms with Crippen LogP contribution in [0.2, 0.25) is 5.02 Å². The molecular formula is C29H33ClN4O3. The minimum atomic E-state index is -0.465. The molecule has 2 unspecified atom stereocenters. The monoisotopic (exact) mass is 520 g/mol. The average molecular weight is 521 g/mol. The van der Waals surface area contributed by atoms with Gasteiger partial charge in [-0.15, -0.1) is 0 Å². The number of pyridine rings is 1. The summed E-state index contributed by atoms with van der Waals surface area (Å²) in [5.74, 6) is 1.04. The molecule has 2 aliphatic rings. The average Bonchev–Trinajstić information content (AvgIpc) is 2.95. The first kappa shape index (κ1) is 25.5. The van der Waals surface area contributed by atoms with Crippen LogP contribution in [0.15, 0.2) is 79.0 Å². The second kappa shape index (κ2) is 12.4. The van der Waals surface area contributed by atoms with Crippen LogP contribution in [0.3, 0.4) is 0 Å². The molecule has 0 saturated carbocycles. The fraction of sp³-hybridized carbons (Fsp3) is 0.379. The molecule has 1 N–H and O–H groups in total. The van der Waals surface area contributed by atoms with Gasteiger partial charge in [-0.3, -0.25) is 10.2 Å². The number of carbonyl (C=O) groups is 1. The first-order chi connectivity index (χ1) is 18.1. The molecule has 8 heteroatoms. The topological polar surface area (TPSA) is 66.9 Å². The van der Waals surface area contributed by atoms with Crippen molar-refractivity contribution >= 4 is 29.2 Å². The van der Waals surface area contributed by atoms with Crippen LogP contribution in [0.4, 0.5) is 16.3 Å². The normalized spacial score (nSPS) is 20.9. The van der Waals surface area contributed by atoms with Gasteiger partial charge in [0, 0.05) is 48.6 Å². The van der Waals surface area contributed by atoms with E-state index in [0.29, 0.717) is 18.3 Å². The number of hydrogen-bond donors (Lipinski definition) is 1. The lowest BCUT2D eigenvalue weighted by Crippen LogP contribution is -2.58. The zero-order valence-electron chi connectivity index (χ0n) is 20.8. The van der Waals surface area contributed by atoms with Crippen LogP contribution in [0.1, 0.15) is 18.4 Å². The van der Waals surface area contributed by atoms with Crippen molar-refractivity contribution in [3.63, 3.8) is 0 Å². The minimum absolute atomic E-state index is 0.170. The van der Waals surface area contributed by atoms with Gasteiger partial charge in [0.05, 0.1) is 6.61 Å². The molecule has 2 aromatic carbocycles. The lowest BCUT2D eigenvalue weighted by atomic mass is 9.96. The van der Waals surface area contributed by atoms with Crippen LogP contribution in [0, 0.1) is 0 Å². The van der Waals surface area contributed by atoms with E-state index in [-0.39, 0.29) is 18.8 Å². The molecule has 3 heterocycles. The number of para-hydroxylation sites is 1. The highest BCUT2D eigenvalue weighted by molar-refractivity contribution is 6.30. The number of ether oxygens (including phenoxy) is 2. The van der Waals surface area contributed by atoms with Crippen LogP contribution in [0.5, 0.6) is 0 Å². The van der Waals surface area contributed by atoms with E-state index < -0.39 is 6.09 Å².